The summed E-state index contributed by atoms with van der Waals surface area (Å²) in [6.45, 7) is 7.91. The van der Waals surface area contributed by atoms with Crippen molar-refractivity contribution in [2.24, 2.45) is 0 Å². The van der Waals surface area contributed by atoms with Crippen molar-refractivity contribution < 1.29 is 6.22 Å². The Bertz CT molecular complexity index is 191. The molecule has 1 saturated heterocycles. The van der Waals surface area contributed by atoms with Crippen molar-refractivity contribution in [3.63, 3.8) is 0 Å². The number of carbonyl (C=O) groups excluding carboxylic acids is 1. The second kappa shape index (κ2) is 5.35. The van der Waals surface area contributed by atoms with Gasteiger partial charge in [0.1, 0.15) is 0 Å². The molecule has 0 bridgehead atoms. The lowest BCUT2D eigenvalue weighted by molar-refractivity contribution is -0.129. The number of hydrogen-bond acceptors (Lipinski definition) is 2. The first-order chi connectivity index (χ1) is 6.63. The molecule has 14 heavy (non-hydrogen) atoms. The van der Waals surface area contributed by atoms with Gasteiger partial charge in [0.05, 0.1) is 0 Å². The maximum Gasteiger partial charge on any atom is 0.219 e. The third kappa shape index (κ3) is 3.29. The van der Waals surface area contributed by atoms with Crippen molar-refractivity contribution in [3.05, 3.63) is 0 Å². The Morgan fingerprint density at radius 1 is 1.57 bits per heavy atom. The maximum absolute atomic E-state index is 11.1. The molecule has 1 aliphatic rings. The molecule has 3 heteroatoms. The van der Waals surface area contributed by atoms with Gasteiger partial charge in [-0.05, 0) is 26.2 Å². The summed E-state index contributed by atoms with van der Waals surface area (Å²) in [6.07, 6.45) is 3.38. The number of nitrogens with one attached hydrogen (secondary N) is 1. The van der Waals surface area contributed by atoms with Crippen LogP contribution < -0.4 is 5.32 Å². The van der Waals surface area contributed by atoms with Gasteiger partial charge in [0, 0.05) is 33.5 Å². The minimum Gasteiger partial charge on any atom is -0.343 e. The lowest BCUT2D eigenvalue weighted by atomic mass is 10.0. The highest BCUT2D eigenvalue weighted by Gasteiger charge is 2.20. The molecule has 1 amide bonds. The molecule has 1 fully saturated rings. The van der Waals surface area contributed by atoms with E-state index in [1.165, 1.54) is 6.42 Å². The quantitative estimate of drug-likeness (QED) is 0.751. The van der Waals surface area contributed by atoms with E-state index in [0.717, 1.165) is 25.9 Å². The van der Waals surface area contributed by atoms with Crippen molar-refractivity contribution in [2.45, 2.75) is 52.1 Å². The van der Waals surface area contributed by atoms with Gasteiger partial charge in [0.25, 0.3) is 0 Å². The van der Waals surface area contributed by atoms with E-state index >= 15 is 0 Å². The smallest absolute Gasteiger partial charge is 0.219 e. The van der Waals surface area contributed by atoms with Crippen LogP contribution in [0.2, 0.25) is 0 Å². The fourth-order valence-corrected chi connectivity index (χ4v) is 1.88. The monoisotopic (exact) mass is 200 g/mol. The van der Waals surface area contributed by atoms with Gasteiger partial charge >= 0.3 is 0 Å². The van der Waals surface area contributed by atoms with E-state index in [2.05, 4.69) is 19.2 Å². The van der Waals surface area contributed by atoms with Crippen LogP contribution in [0.3, 0.4) is 0 Å². The number of hydrogen-bond donors (Lipinski definition) is 1. The second-order valence-electron chi connectivity index (χ2n) is 4.26. The van der Waals surface area contributed by atoms with E-state index in [1.54, 1.807) is 6.92 Å². The molecule has 0 aromatic carbocycles. The van der Waals surface area contributed by atoms with Crippen LogP contribution in [0.1, 0.15) is 41.5 Å². The van der Waals surface area contributed by atoms with Gasteiger partial charge in [-0.1, -0.05) is 6.92 Å². The molecule has 84 valence electrons. The summed E-state index contributed by atoms with van der Waals surface area (Å²) in [6, 6.07) is 1.21. The summed E-state index contributed by atoms with van der Waals surface area (Å²) in [4.78, 5) is 13.0. The van der Waals surface area contributed by atoms with Gasteiger partial charge < -0.3 is 10.2 Å². The van der Waals surface area contributed by atoms with E-state index in [-0.39, 0.29) is 7.33 Å². The van der Waals surface area contributed by atoms with Crippen molar-refractivity contribution in [2.75, 3.05) is 13.1 Å². The Hall–Kier alpha value is -0.570. The summed E-state index contributed by atoms with van der Waals surface area (Å²) in [5.74, 6) is 0.215. The van der Waals surface area contributed by atoms with Crippen molar-refractivity contribution in [1.82, 2.24) is 10.2 Å². The normalized spacial score (nSPS) is 20.9. The summed E-state index contributed by atoms with van der Waals surface area (Å²) in [5.41, 5.74) is 0. The Kier molecular flexibility index (Phi) is 4.39. The standard InChI is InChI=1S/C11H22N2O.H2/c1-4-9(2)12-11-5-7-13(8-6-11)10(3)14;/h9,11-12H,4-8H2,1-3H3;1H. The van der Waals surface area contributed by atoms with Crippen LogP contribution in [0.5, 0.6) is 0 Å². The topological polar surface area (TPSA) is 32.3 Å². The van der Waals surface area contributed by atoms with E-state index in [9.17, 15) is 4.79 Å². The van der Waals surface area contributed by atoms with Crippen LogP contribution >= 0.6 is 0 Å². The SMILES string of the molecule is CCC(C)NC1CCN(C(C)=O)CC1.[HH]. The minimum atomic E-state index is 0. The molecule has 0 aromatic heterocycles. The van der Waals surface area contributed by atoms with Gasteiger partial charge in [-0.2, -0.15) is 0 Å². The van der Waals surface area contributed by atoms with Crippen LogP contribution in [0.25, 0.3) is 0 Å². The zero-order valence-electron chi connectivity index (χ0n) is 9.55. The van der Waals surface area contributed by atoms with Gasteiger partial charge in [0.15, 0.2) is 0 Å². The van der Waals surface area contributed by atoms with Gasteiger partial charge in [0.2, 0.25) is 5.91 Å². The second-order valence-corrected chi connectivity index (χ2v) is 4.26. The first-order valence-electron chi connectivity index (χ1n) is 5.65. The number of rotatable bonds is 3. The van der Waals surface area contributed by atoms with Crippen molar-refractivity contribution in [3.8, 4) is 0 Å². The molecule has 1 N–H and O–H groups in total. The fraction of sp³-hybridized carbons (Fsp3) is 0.909. The molecule has 1 unspecified atom stereocenters. The summed E-state index contributed by atoms with van der Waals surface area (Å²) < 4.78 is 0. The lowest BCUT2D eigenvalue weighted by Crippen LogP contribution is -2.46. The average molecular weight is 200 g/mol. The molecule has 1 heterocycles. The van der Waals surface area contributed by atoms with Crippen molar-refractivity contribution >= 4 is 5.91 Å². The van der Waals surface area contributed by atoms with E-state index in [0.29, 0.717) is 12.1 Å². The fourth-order valence-electron chi connectivity index (χ4n) is 1.88. The third-order valence-electron chi connectivity index (χ3n) is 3.07. The minimum absolute atomic E-state index is 0. The molecule has 0 saturated carbocycles. The van der Waals surface area contributed by atoms with Crippen LogP contribution in [-0.4, -0.2) is 36.0 Å². The zero-order chi connectivity index (χ0) is 10.6. The molecule has 0 aromatic rings. The number of nitrogens with zero attached hydrogens (tertiary/aromatic N) is 1. The first kappa shape index (κ1) is 11.5. The third-order valence-corrected chi connectivity index (χ3v) is 3.07. The average Bonchev–Trinajstić information content (AvgIpc) is 2.18. The molecule has 0 radical (unpaired) electrons. The largest absolute Gasteiger partial charge is 0.343 e. The van der Waals surface area contributed by atoms with Crippen LogP contribution in [0.15, 0.2) is 0 Å². The Balaban J connectivity index is 0.00000196. The number of amides is 1. The summed E-state index contributed by atoms with van der Waals surface area (Å²) in [7, 11) is 0. The number of likely N-dealkylation sites (tertiary alicyclic amines) is 1. The molecule has 1 atom stereocenters. The predicted molar refractivity (Wildman–Crippen MR) is 60.3 cm³/mol. The zero-order valence-corrected chi connectivity index (χ0v) is 9.55. The van der Waals surface area contributed by atoms with Gasteiger partial charge in [-0.25, -0.2) is 0 Å². The highest BCUT2D eigenvalue weighted by molar-refractivity contribution is 5.73. The molecule has 1 rings (SSSR count). The van der Waals surface area contributed by atoms with Crippen molar-refractivity contribution in [1.29, 1.82) is 0 Å². The van der Waals surface area contributed by atoms with Gasteiger partial charge in [-0.3, -0.25) is 4.79 Å². The van der Waals surface area contributed by atoms with Crippen LogP contribution in [0, 0.1) is 0 Å². The van der Waals surface area contributed by atoms with Crippen LogP contribution in [0.4, 0.5) is 0 Å². The highest BCUT2D eigenvalue weighted by atomic mass is 16.2. The molecule has 1 aliphatic heterocycles. The molecular formula is C11H24N2O. The maximum atomic E-state index is 11.1. The summed E-state index contributed by atoms with van der Waals surface area (Å²) >= 11 is 0. The molecule has 3 nitrogen and oxygen atoms in total. The Labute approximate surface area is 88.3 Å². The molecule has 0 aliphatic carbocycles. The van der Waals surface area contributed by atoms with E-state index in [4.69, 9.17) is 0 Å². The first-order valence-corrected chi connectivity index (χ1v) is 5.65. The van der Waals surface area contributed by atoms with Crippen LogP contribution in [-0.2, 0) is 4.79 Å². The number of carbonyl (C=O) groups is 1. The van der Waals surface area contributed by atoms with E-state index < -0.39 is 0 Å². The predicted octanol–water partition coefficient (Wildman–Crippen LogP) is 1.63. The number of piperidine rings is 1. The highest BCUT2D eigenvalue weighted by Crippen LogP contribution is 2.11. The van der Waals surface area contributed by atoms with E-state index in [1.807, 2.05) is 4.90 Å². The molecular weight excluding hydrogens is 176 g/mol. The Morgan fingerprint density at radius 3 is 2.57 bits per heavy atom. The Morgan fingerprint density at radius 2 is 2.14 bits per heavy atom. The molecule has 0 spiro atoms. The summed E-state index contributed by atoms with van der Waals surface area (Å²) in [5, 5.41) is 3.59. The van der Waals surface area contributed by atoms with Gasteiger partial charge in [-0.15, -0.1) is 0 Å². The lowest BCUT2D eigenvalue weighted by Gasteiger charge is -2.33.